The Balaban J connectivity index is 2.02. The zero-order chi connectivity index (χ0) is 21.9. The molecular formula is C28H22O3. The van der Waals surface area contributed by atoms with Gasteiger partial charge in [-0.1, -0.05) is 60.2 Å². The summed E-state index contributed by atoms with van der Waals surface area (Å²) in [6, 6.07) is 23.6. The molecule has 3 rings (SSSR count). The Morgan fingerprint density at radius 2 is 1.03 bits per heavy atom. The zero-order valence-electron chi connectivity index (χ0n) is 17.1. The Morgan fingerprint density at radius 3 is 1.52 bits per heavy atom. The van der Waals surface area contributed by atoms with Crippen LogP contribution in [0.4, 0.5) is 0 Å². The van der Waals surface area contributed by atoms with Gasteiger partial charge in [0.05, 0.1) is 0 Å². The van der Waals surface area contributed by atoms with Crippen LogP contribution in [0.1, 0.15) is 22.6 Å². The lowest BCUT2D eigenvalue weighted by atomic mass is 9.84. The fourth-order valence-corrected chi connectivity index (χ4v) is 3.28. The van der Waals surface area contributed by atoms with Gasteiger partial charge in [-0.3, -0.25) is 0 Å². The average molecular weight is 406 g/mol. The number of para-hydroxylation sites is 1. The summed E-state index contributed by atoms with van der Waals surface area (Å²) in [5, 5.41) is 0. The van der Waals surface area contributed by atoms with Gasteiger partial charge in [0.15, 0.2) is 0 Å². The number of hydrogen-bond acceptors (Lipinski definition) is 3. The Hall–Kier alpha value is -4.26. The highest BCUT2D eigenvalue weighted by Gasteiger charge is 2.21. The van der Waals surface area contributed by atoms with E-state index in [1.807, 2.05) is 72.8 Å². The maximum absolute atomic E-state index is 5.83. The second-order valence-corrected chi connectivity index (χ2v) is 6.59. The molecule has 0 N–H and O–H groups in total. The van der Waals surface area contributed by atoms with Crippen LogP contribution < -0.4 is 14.2 Å². The molecule has 0 fully saturated rings. The molecule has 0 unspecified atom stereocenters. The minimum absolute atomic E-state index is 0.0858. The van der Waals surface area contributed by atoms with Gasteiger partial charge < -0.3 is 14.2 Å². The SMILES string of the molecule is C#CCOc1ccc(C(c2ccc(OCC#C)cc2)c2ccccc2OCC#C)cc1. The Kier molecular flexibility index (Phi) is 7.65. The summed E-state index contributed by atoms with van der Waals surface area (Å²) in [7, 11) is 0. The topological polar surface area (TPSA) is 27.7 Å². The van der Waals surface area contributed by atoms with E-state index in [-0.39, 0.29) is 25.7 Å². The molecule has 0 bridgehead atoms. The molecule has 152 valence electrons. The van der Waals surface area contributed by atoms with Crippen molar-refractivity contribution in [2.75, 3.05) is 19.8 Å². The van der Waals surface area contributed by atoms with E-state index in [4.69, 9.17) is 33.5 Å². The molecule has 0 aromatic heterocycles. The Morgan fingerprint density at radius 1 is 0.581 bits per heavy atom. The first-order valence-electron chi connectivity index (χ1n) is 9.74. The van der Waals surface area contributed by atoms with Crippen molar-refractivity contribution in [1.82, 2.24) is 0 Å². The van der Waals surface area contributed by atoms with Gasteiger partial charge in [0.2, 0.25) is 0 Å². The van der Waals surface area contributed by atoms with E-state index in [0.29, 0.717) is 0 Å². The molecule has 0 saturated carbocycles. The van der Waals surface area contributed by atoms with Crippen LogP contribution in [0.15, 0.2) is 72.8 Å². The van der Waals surface area contributed by atoms with E-state index >= 15 is 0 Å². The van der Waals surface area contributed by atoms with Crippen molar-refractivity contribution in [3.63, 3.8) is 0 Å². The fourth-order valence-electron chi connectivity index (χ4n) is 3.28. The quantitative estimate of drug-likeness (QED) is 0.374. The monoisotopic (exact) mass is 406 g/mol. The van der Waals surface area contributed by atoms with Gasteiger partial charge in [-0.05, 0) is 41.5 Å². The molecule has 0 spiro atoms. The van der Waals surface area contributed by atoms with Crippen LogP contribution in [0.2, 0.25) is 0 Å². The van der Waals surface area contributed by atoms with Crippen LogP contribution in [-0.4, -0.2) is 19.8 Å². The first-order chi connectivity index (χ1) is 15.3. The van der Waals surface area contributed by atoms with Gasteiger partial charge in [-0.2, -0.15) is 0 Å². The second-order valence-electron chi connectivity index (χ2n) is 6.59. The van der Waals surface area contributed by atoms with Gasteiger partial charge in [-0.25, -0.2) is 0 Å². The van der Waals surface area contributed by atoms with Crippen molar-refractivity contribution in [2.24, 2.45) is 0 Å². The predicted octanol–water partition coefficient (Wildman–Crippen LogP) is 4.90. The smallest absolute Gasteiger partial charge is 0.148 e. The standard InChI is InChI=1S/C28H22O3/c1-4-19-29-24-15-11-22(12-16-24)28(23-13-17-25(18-14-23)30-20-5-2)26-9-7-8-10-27(26)31-21-6-3/h1-3,7-18,28H,19-21H2. The Labute approximate surface area is 184 Å². The van der Waals surface area contributed by atoms with Crippen LogP contribution in [-0.2, 0) is 0 Å². The van der Waals surface area contributed by atoms with Crippen LogP contribution in [0.5, 0.6) is 17.2 Å². The van der Waals surface area contributed by atoms with E-state index in [2.05, 4.69) is 17.8 Å². The lowest BCUT2D eigenvalue weighted by Crippen LogP contribution is -2.07. The van der Waals surface area contributed by atoms with Gasteiger partial charge in [0.25, 0.3) is 0 Å². The lowest BCUT2D eigenvalue weighted by Gasteiger charge is -2.22. The third kappa shape index (κ3) is 5.63. The van der Waals surface area contributed by atoms with Crippen LogP contribution in [0.3, 0.4) is 0 Å². The molecule has 0 radical (unpaired) electrons. The van der Waals surface area contributed by atoms with E-state index < -0.39 is 0 Å². The molecule has 3 aromatic rings. The number of rotatable bonds is 9. The molecule has 3 aromatic carbocycles. The van der Waals surface area contributed by atoms with Crippen molar-refractivity contribution >= 4 is 0 Å². The lowest BCUT2D eigenvalue weighted by molar-refractivity contribution is 0.365. The number of hydrogen-bond donors (Lipinski definition) is 0. The van der Waals surface area contributed by atoms with Crippen molar-refractivity contribution in [1.29, 1.82) is 0 Å². The van der Waals surface area contributed by atoms with E-state index in [0.717, 1.165) is 33.9 Å². The van der Waals surface area contributed by atoms with E-state index in [1.54, 1.807) is 0 Å². The number of benzene rings is 3. The molecule has 0 aliphatic carbocycles. The third-order valence-corrected chi connectivity index (χ3v) is 4.61. The highest BCUT2D eigenvalue weighted by molar-refractivity contribution is 5.50. The Bertz CT molecular complexity index is 1050. The third-order valence-electron chi connectivity index (χ3n) is 4.61. The van der Waals surface area contributed by atoms with Crippen LogP contribution in [0, 0.1) is 37.0 Å². The minimum atomic E-state index is -0.0858. The van der Waals surface area contributed by atoms with Gasteiger partial charge in [0.1, 0.15) is 37.1 Å². The summed E-state index contributed by atoms with van der Waals surface area (Å²) in [6.07, 6.45) is 16.0. The van der Waals surface area contributed by atoms with Crippen molar-refractivity contribution in [3.8, 4) is 54.3 Å². The van der Waals surface area contributed by atoms with Crippen LogP contribution >= 0.6 is 0 Å². The molecule has 3 heteroatoms. The molecule has 0 aliphatic rings. The predicted molar refractivity (Wildman–Crippen MR) is 123 cm³/mol. The molecule has 0 saturated heterocycles. The summed E-state index contributed by atoms with van der Waals surface area (Å²) < 4.78 is 16.9. The molecule has 0 atom stereocenters. The van der Waals surface area contributed by atoms with Crippen molar-refractivity contribution < 1.29 is 14.2 Å². The minimum Gasteiger partial charge on any atom is -0.481 e. The van der Waals surface area contributed by atoms with Crippen molar-refractivity contribution in [3.05, 3.63) is 89.5 Å². The molecule has 31 heavy (non-hydrogen) atoms. The van der Waals surface area contributed by atoms with Crippen LogP contribution in [0.25, 0.3) is 0 Å². The normalized spacial score (nSPS) is 9.87. The van der Waals surface area contributed by atoms with Gasteiger partial charge in [0, 0.05) is 11.5 Å². The summed E-state index contributed by atoms with van der Waals surface area (Å²) in [5.74, 6) is 9.57. The highest BCUT2D eigenvalue weighted by Crippen LogP contribution is 2.38. The summed E-state index contributed by atoms with van der Waals surface area (Å²) in [5.41, 5.74) is 3.15. The molecular weight excluding hydrogens is 384 g/mol. The maximum atomic E-state index is 5.83. The average Bonchev–Trinajstić information content (AvgIpc) is 2.82. The van der Waals surface area contributed by atoms with Gasteiger partial charge in [-0.15, -0.1) is 19.3 Å². The molecule has 3 nitrogen and oxygen atoms in total. The molecule has 0 aliphatic heterocycles. The number of ether oxygens (including phenoxy) is 3. The fraction of sp³-hybridized carbons (Fsp3) is 0.143. The van der Waals surface area contributed by atoms with Gasteiger partial charge >= 0.3 is 0 Å². The largest absolute Gasteiger partial charge is 0.481 e. The first-order valence-corrected chi connectivity index (χ1v) is 9.74. The maximum Gasteiger partial charge on any atom is 0.148 e. The van der Waals surface area contributed by atoms with E-state index in [1.165, 1.54) is 0 Å². The first kappa shape index (κ1) is 21.4. The second kappa shape index (κ2) is 11.1. The highest BCUT2D eigenvalue weighted by atomic mass is 16.5. The van der Waals surface area contributed by atoms with Crippen molar-refractivity contribution in [2.45, 2.75) is 5.92 Å². The van der Waals surface area contributed by atoms with E-state index in [9.17, 15) is 0 Å². The number of terminal acetylenes is 3. The zero-order valence-corrected chi connectivity index (χ0v) is 17.1. The summed E-state index contributed by atoms with van der Waals surface area (Å²) in [6.45, 7) is 0.650. The molecule has 0 heterocycles. The summed E-state index contributed by atoms with van der Waals surface area (Å²) >= 11 is 0. The summed E-state index contributed by atoms with van der Waals surface area (Å²) in [4.78, 5) is 0. The molecule has 0 amide bonds.